The summed E-state index contributed by atoms with van der Waals surface area (Å²) >= 11 is 0. The van der Waals surface area contributed by atoms with Crippen LogP contribution in [0.25, 0.3) is 0 Å². The largest absolute Gasteiger partial charge is 0.478 e. The minimum Gasteiger partial charge on any atom is -0.478 e. The van der Waals surface area contributed by atoms with E-state index >= 15 is 0 Å². The standard InChI is InChI=1S/C18H29NO2/c1-3-4-5-6-7-8-9-10-14-19-17-13-11-12-16(15(17)2)18(20)21/h11-13,19H,3-10,14H2,1-2H3,(H,20,21). The van der Waals surface area contributed by atoms with Gasteiger partial charge in [0.25, 0.3) is 0 Å². The van der Waals surface area contributed by atoms with Gasteiger partial charge in [0.2, 0.25) is 0 Å². The first kappa shape index (κ1) is 17.5. The molecule has 0 radical (unpaired) electrons. The highest BCUT2D eigenvalue weighted by atomic mass is 16.4. The zero-order valence-electron chi connectivity index (χ0n) is 13.5. The van der Waals surface area contributed by atoms with Crippen LogP contribution < -0.4 is 5.32 Å². The molecule has 1 rings (SSSR count). The van der Waals surface area contributed by atoms with Gasteiger partial charge in [-0.05, 0) is 31.0 Å². The van der Waals surface area contributed by atoms with Crippen molar-refractivity contribution < 1.29 is 9.90 Å². The molecule has 1 aromatic rings. The Morgan fingerprint density at radius 2 is 1.67 bits per heavy atom. The molecule has 21 heavy (non-hydrogen) atoms. The molecule has 0 aliphatic carbocycles. The van der Waals surface area contributed by atoms with E-state index in [9.17, 15) is 4.79 Å². The molecule has 0 atom stereocenters. The van der Waals surface area contributed by atoms with Crippen LogP contribution >= 0.6 is 0 Å². The van der Waals surface area contributed by atoms with Crippen molar-refractivity contribution in [3.05, 3.63) is 29.3 Å². The molecule has 0 fully saturated rings. The highest BCUT2D eigenvalue weighted by Crippen LogP contribution is 2.19. The van der Waals surface area contributed by atoms with Gasteiger partial charge in [0.15, 0.2) is 0 Å². The minimum absolute atomic E-state index is 0.385. The number of hydrogen-bond acceptors (Lipinski definition) is 2. The van der Waals surface area contributed by atoms with Crippen molar-refractivity contribution in [1.29, 1.82) is 0 Å². The van der Waals surface area contributed by atoms with Crippen LogP contribution in [0, 0.1) is 6.92 Å². The Kier molecular flexibility index (Phi) is 8.56. The fourth-order valence-corrected chi connectivity index (χ4v) is 2.54. The average molecular weight is 291 g/mol. The fourth-order valence-electron chi connectivity index (χ4n) is 2.54. The zero-order valence-corrected chi connectivity index (χ0v) is 13.5. The van der Waals surface area contributed by atoms with E-state index in [1.165, 1.54) is 44.9 Å². The van der Waals surface area contributed by atoms with Gasteiger partial charge in [0.05, 0.1) is 5.56 Å². The van der Waals surface area contributed by atoms with Gasteiger partial charge in [-0.2, -0.15) is 0 Å². The maximum absolute atomic E-state index is 11.1. The number of anilines is 1. The van der Waals surface area contributed by atoms with Crippen LogP contribution in [0.15, 0.2) is 18.2 Å². The predicted molar refractivity (Wildman–Crippen MR) is 89.2 cm³/mol. The van der Waals surface area contributed by atoms with Crippen LogP contribution in [0.2, 0.25) is 0 Å². The van der Waals surface area contributed by atoms with Gasteiger partial charge in [-0.1, -0.05) is 57.9 Å². The van der Waals surface area contributed by atoms with E-state index in [0.29, 0.717) is 5.56 Å². The van der Waals surface area contributed by atoms with Gasteiger partial charge >= 0.3 is 5.97 Å². The number of aromatic carboxylic acids is 1. The molecule has 0 bridgehead atoms. The summed E-state index contributed by atoms with van der Waals surface area (Å²) in [4.78, 5) is 11.1. The molecule has 0 saturated carbocycles. The van der Waals surface area contributed by atoms with Crippen LogP contribution in [0.3, 0.4) is 0 Å². The number of carbonyl (C=O) groups is 1. The summed E-state index contributed by atoms with van der Waals surface area (Å²) in [5, 5.41) is 12.4. The van der Waals surface area contributed by atoms with Gasteiger partial charge < -0.3 is 10.4 Å². The van der Waals surface area contributed by atoms with E-state index in [-0.39, 0.29) is 0 Å². The molecule has 0 aliphatic heterocycles. The summed E-state index contributed by atoms with van der Waals surface area (Å²) in [7, 11) is 0. The third-order valence-electron chi connectivity index (χ3n) is 3.91. The number of benzene rings is 1. The third kappa shape index (κ3) is 6.65. The maximum atomic E-state index is 11.1. The molecule has 2 N–H and O–H groups in total. The van der Waals surface area contributed by atoms with Crippen LogP contribution in [-0.2, 0) is 0 Å². The van der Waals surface area contributed by atoms with E-state index in [1.54, 1.807) is 12.1 Å². The summed E-state index contributed by atoms with van der Waals surface area (Å²) in [6.07, 6.45) is 10.4. The molecule has 3 heteroatoms. The predicted octanol–water partition coefficient (Wildman–Crippen LogP) is 5.25. The second-order valence-electron chi connectivity index (χ2n) is 5.68. The Labute approximate surface area is 128 Å². The number of carboxylic acid groups (broad SMARTS) is 1. The fraction of sp³-hybridized carbons (Fsp3) is 0.611. The second-order valence-corrected chi connectivity index (χ2v) is 5.68. The molecule has 0 saturated heterocycles. The number of carboxylic acids is 1. The summed E-state index contributed by atoms with van der Waals surface area (Å²) in [5.41, 5.74) is 2.15. The molecule has 118 valence electrons. The Balaban J connectivity index is 2.19. The molecular weight excluding hydrogens is 262 g/mol. The van der Waals surface area contributed by atoms with Crippen molar-refractivity contribution in [2.45, 2.75) is 65.2 Å². The maximum Gasteiger partial charge on any atom is 0.336 e. The molecule has 1 aromatic carbocycles. The molecule has 0 amide bonds. The molecule has 0 heterocycles. The van der Waals surface area contributed by atoms with Crippen LogP contribution in [-0.4, -0.2) is 17.6 Å². The average Bonchev–Trinajstić information content (AvgIpc) is 2.46. The Hall–Kier alpha value is -1.51. The summed E-state index contributed by atoms with van der Waals surface area (Å²) in [6, 6.07) is 5.40. The molecule has 0 aliphatic rings. The molecular formula is C18H29NO2. The Bertz CT molecular complexity index is 429. The molecule has 0 spiro atoms. The first-order valence-electron chi connectivity index (χ1n) is 8.23. The van der Waals surface area contributed by atoms with Crippen molar-refractivity contribution in [2.75, 3.05) is 11.9 Å². The van der Waals surface area contributed by atoms with Gasteiger partial charge in [-0.3, -0.25) is 0 Å². The zero-order chi connectivity index (χ0) is 15.5. The highest BCUT2D eigenvalue weighted by Gasteiger charge is 2.09. The Morgan fingerprint density at radius 3 is 2.29 bits per heavy atom. The third-order valence-corrected chi connectivity index (χ3v) is 3.91. The second kappa shape index (κ2) is 10.3. The SMILES string of the molecule is CCCCCCCCCCNc1cccc(C(=O)O)c1C. The lowest BCUT2D eigenvalue weighted by atomic mass is 10.1. The van der Waals surface area contributed by atoms with E-state index in [0.717, 1.165) is 24.2 Å². The molecule has 0 unspecified atom stereocenters. The van der Waals surface area contributed by atoms with E-state index < -0.39 is 5.97 Å². The van der Waals surface area contributed by atoms with Crippen molar-refractivity contribution >= 4 is 11.7 Å². The quantitative estimate of drug-likeness (QED) is 0.548. The van der Waals surface area contributed by atoms with E-state index in [4.69, 9.17) is 5.11 Å². The summed E-state index contributed by atoms with van der Waals surface area (Å²) in [6.45, 7) is 5.02. The normalized spacial score (nSPS) is 10.6. The van der Waals surface area contributed by atoms with Crippen molar-refractivity contribution in [3.8, 4) is 0 Å². The number of hydrogen-bond donors (Lipinski definition) is 2. The number of nitrogens with one attached hydrogen (secondary N) is 1. The van der Waals surface area contributed by atoms with Gasteiger partial charge in [-0.25, -0.2) is 4.79 Å². The highest BCUT2D eigenvalue weighted by molar-refractivity contribution is 5.91. The van der Waals surface area contributed by atoms with Crippen LogP contribution in [0.1, 0.15) is 74.2 Å². The van der Waals surface area contributed by atoms with Gasteiger partial charge in [0, 0.05) is 12.2 Å². The lowest BCUT2D eigenvalue weighted by molar-refractivity contribution is 0.0696. The van der Waals surface area contributed by atoms with Crippen molar-refractivity contribution in [1.82, 2.24) is 0 Å². The van der Waals surface area contributed by atoms with Gasteiger partial charge in [-0.15, -0.1) is 0 Å². The van der Waals surface area contributed by atoms with E-state index in [2.05, 4.69) is 12.2 Å². The van der Waals surface area contributed by atoms with Crippen LogP contribution in [0.5, 0.6) is 0 Å². The smallest absolute Gasteiger partial charge is 0.336 e. The van der Waals surface area contributed by atoms with Crippen LogP contribution in [0.4, 0.5) is 5.69 Å². The first-order chi connectivity index (χ1) is 10.2. The lowest BCUT2D eigenvalue weighted by Gasteiger charge is -2.11. The minimum atomic E-state index is -0.858. The Morgan fingerprint density at radius 1 is 1.05 bits per heavy atom. The monoisotopic (exact) mass is 291 g/mol. The van der Waals surface area contributed by atoms with Crippen molar-refractivity contribution in [2.24, 2.45) is 0 Å². The first-order valence-corrected chi connectivity index (χ1v) is 8.23. The number of rotatable bonds is 11. The lowest BCUT2D eigenvalue weighted by Crippen LogP contribution is -2.06. The van der Waals surface area contributed by atoms with Crippen molar-refractivity contribution in [3.63, 3.8) is 0 Å². The summed E-state index contributed by atoms with van der Waals surface area (Å²) < 4.78 is 0. The van der Waals surface area contributed by atoms with E-state index in [1.807, 2.05) is 13.0 Å². The summed E-state index contributed by atoms with van der Waals surface area (Å²) in [5.74, 6) is -0.858. The topological polar surface area (TPSA) is 49.3 Å². The molecule has 3 nitrogen and oxygen atoms in total. The molecule has 0 aromatic heterocycles. The van der Waals surface area contributed by atoms with Gasteiger partial charge in [0.1, 0.15) is 0 Å². The number of unbranched alkanes of at least 4 members (excludes halogenated alkanes) is 7.